The Balaban J connectivity index is 1.71. The van der Waals surface area contributed by atoms with Crippen LogP contribution in [-0.4, -0.2) is 400 Å². The van der Waals surface area contributed by atoms with Gasteiger partial charge in [-0.05, 0) is 82.5 Å². The van der Waals surface area contributed by atoms with E-state index in [0.717, 1.165) is 51.4 Å². The van der Waals surface area contributed by atoms with Crippen LogP contribution in [0.15, 0.2) is 0 Å². The zero-order valence-electron chi connectivity index (χ0n) is 81.7. The highest BCUT2D eigenvalue weighted by molar-refractivity contribution is 5.94. The van der Waals surface area contributed by atoms with E-state index >= 15 is 0 Å². The van der Waals surface area contributed by atoms with Crippen LogP contribution < -0.4 is 53.2 Å². The Hall–Kier alpha value is -6.26. The molecule has 3 aliphatic rings. The molecule has 0 aromatic heterocycles. The molecule has 3 rings (SSSR count). The zero-order valence-corrected chi connectivity index (χ0v) is 81.7. The first-order valence-corrected chi connectivity index (χ1v) is 49.2. The first kappa shape index (κ1) is 124. The van der Waals surface area contributed by atoms with Crippen molar-refractivity contribution in [3.8, 4) is 0 Å². The molecule has 3 fully saturated rings. The second-order valence-electron chi connectivity index (χ2n) is 35.5. The third kappa shape index (κ3) is 58.2. The Bertz CT molecular complexity index is 3180. The van der Waals surface area contributed by atoms with E-state index in [2.05, 4.69) is 80.9 Å². The fraction of sp³-hybridized carbons (Fsp3) is 0.891. The minimum Gasteiger partial charge on any atom is -0.394 e. The van der Waals surface area contributed by atoms with E-state index in [1.54, 1.807) is 0 Å². The largest absolute Gasteiger partial charge is 0.394 e. The molecule has 0 spiro atoms. The van der Waals surface area contributed by atoms with Gasteiger partial charge in [-0.15, -0.1) is 0 Å². The molecule has 136 heavy (non-hydrogen) atoms. The Kier molecular flexibility index (Phi) is 70.5. The zero-order chi connectivity index (χ0) is 99.9. The van der Waals surface area contributed by atoms with E-state index in [-0.39, 0.29) is 189 Å². The lowest BCUT2D eigenvalue weighted by Crippen LogP contribution is -2.64. The predicted octanol–water partition coefficient (Wildman–Crippen LogP) is -1.08. The third-order valence-electron chi connectivity index (χ3n) is 22.5. The van der Waals surface area contributed by atoms with Crippen LogP contribution in [0.1, 0.15) is 228 Å². The summed E-state index contributed by atoms with van der Waals surface area (Å²) in [5.74, 6) is -5.02. The van der Waals surface area contributed by atoms with Gasteiger partial charge in [-0.3, -0.25) is 47.9 Å². The lowest BCUT2D eigenvalue weighted by molar-refractivity contribution is -0.272. The van der Waals surface area contributed by atoms with Crippen LogP contribution in [0.4, 0.5) is 0 Å². The first-order chi connectivity index (χ1) is 65.4. The highest BCUT2D eigenvalue weighted by Crippen LogP contribution is 2.27. The van der Waals surface area contributed by atoms with E-state index in [4.69, 9.17) is 71.1 Å². The summed E-state index contributed by atoms with van der Waals surface area (Å²) >= 11 is 0. The molecule has 19 N–H and O–H groups in total. The maximum Gasteiger partial charge on any atom is 0.246 e. The summed E-state index contributed by atoms with van der Waals surface area (Å²) in [5, 5.41) is 119. The molecular weight excluding hydrogens is 1790 g/mol. The van der Waals surface area contributed by atoms with E-state index in [1.165, 1.54) is 78.6 Å². The van der Waals surface area contributed by atoms with Crippen molar-refractivity contribution in [1.29, 1.82) is 0 Å². The number of nitrogens with one attached hydrogen (secondary N) is 10. The number of rotatable bonds is 83. The summed E-state index contributed by atoms with van der Waals surface area (Å²) in [6.45, 7) is 11.6. The molecule has 3 aliphatic heterocycles. The van der Waals surface area contributed by atoms with Crippen molar-refractivity contribution in [3.05, 3.63) is 0 Å². The summed E-state index contributed by atoms with van der Waals surface area (Å²) in [5.41, 5.74) is 0.181. The molecule has 0 unspecified atom stereocenters. The number of aliphatic hydroxyl groups excluding tert-OH is 9. The smallest absolute Gasteiger partial charge is 0.246 e. The van der Waals surface area contributed by atoms with Gasteiger partial charge in [0, 0.05) is 53.4 Å². The average Bonchev–Trinajstić information content (AvgIpc) is 0.815. The van der Waals surface area contributed by atoms with Crippen LogP contribution in [0, 0.1) is 5.41 Å². The number of carbonyl (C=O) groups excluding carboxylic acids is 10. The molecule has 44 heteroatoms. The lowest BCUT2D eigenvalue weighted by Gasteiger charge is -2.42. The Morgan fingerprint density at radius 2 is 0.574 bits per heavy atom. The molecule has 44 nitrogen and oxygen atoms in total. The van der Waals surface area contributed by atoms with Gasteiger partial charge >= 0.3 is 0 Å². The minimum atomic E-state index is -1.49. The summed E-state index contributed by atoms with van der Waals surface area (Å²) in [6.07, 6.45) is 6.93. The molecule has 18 atom stereocenters. The molecule has 0 saturated carbocycles. The normalized spacial score (nSPS) is 22.4. The van der Waals surface area contributed by atoms with Crippen molar-refractivity contribution in [2.24, 2.45) is 5.41 Å². The SMILES string of the molecule is CCCCCCCCCCCCCCCC(=O)NCCCC[C@H](NC(=O)[C@H](CCCCNC(=O)COCCOCCOCCO[C@@H]1O[C@H](CO)[C@H](O)[C@H](O)[C@H]1NC(C)=O)NC(=O)[C@H](CCCCNC(=O)COCCOCCOCCO[C@@H]1O[C@H](CO)[C@H](O)[C@H](O)[C@H]1NC(C)=O)NC(=O)COCCOCCOCCO[C@@H]1O[C@H](CO)[C@H](O)[C@H](O)[C@H]1NC(C)=O)C(=O)NCCCCCCC(C)(C)C. The van der Waals surface area contributed by atoms with Gasteiger partial charge in [0.1, 0.15) is 111 Å². The van der Waals surface area contributed by atoms with Gasteiger partial charge in [0.25, 0.3) is 0 Å². The number of aliphatic hydroxyl groups is 9. The van der Waals surface area contributed by atoms with Crippen LogP contribution in [0.3, 0.4) is 0 Å². The van der Waals surface area contributed by atoms with Gasteiger partial charge in [0.15, 0.2) is 18.9 Å². The molecule has 0 bridgehead atoms. The summed E-state index contributed by atoms with van der Waals surface area (Å²) in [6, 6.07) is -6.98. The van der Waals surface area contributed by atoms with Crippen LogP contribution >= 0.6 is 0 Å². The van der Waals surface area contributed by atoms with E-state index in [9.17, 15) is 93.9 Å². The molecular formula is C92H170N10O34. The van der Waals surface area contributed by atoms with Crippen molar-refractivity contribution >= 4 is 59.1 Å². The van der Waals surface area contributed by atoms with Crippen LogP contribution in [-0.2, 0) is 119 Å². The molecule has 0 radical (unpaired) electrons. The third-order valence-corrected chi connectivity index (χ3v) is 22.5. The van der Waals surface area contributed by atoms with Gasteiger partial charge < -0.3 is 170 Å². The van der Waals surface area contributed by atoms with Crippen molar-refractivity contribution in [1.82, 2.24) is 53.2 Å². The maximum absolute atomic E-state index is 14.9. The van der Waals surface area contributed by atoms with E-state index in [0.29, 0.717) is 51.6 Å². The quantitative estimate of drug-likeness (QED) is 0.0322. The number of hydrogen-bond donors (Lipinski definition) is 19. The Labute approximate surface area is 802 Å². The van der Waals surface area contributed by atoms with Gasteiger partial charge in [0.2, 0.25) is 59.1 Å². The summed E-state index contributed by atoms with van der Waals surface area (Å²) in [7, 11) is 0. The van der Waals surface area contributed by atoms with Gasteiger partial charge in [0.05, 0.1) is 139 Å². The maximum atomic E-state index is 14.9. The predicted molar refractivity (Wildman–Crippen MR) is 494 cm³/mol. The Morgan fingerprint density at radius 1 is 0.301 bits per heavy atom. The highest BCUT2D eigenvalue weighted by Gasteiger charge is 2.48. The molecule has 3 heterocycles. The molecule has 10 amide bonds. The molecule has 0 aromatic rings. The molecule has 3 saturated heterocycles. The number of unbranched alkanes of at least 4 members (excludes halogenated alkanes) is 18. The van der Waals surface area contributed by atoms with Crippen molar-refractivity contribution in [3.63, 3.8) is 0 Å². The topological polar surface area (TPSA) is 612 Å². The summed E-state index contributed by atoms with van der Waals surface area (Å²) < 4.78 is 83.8. The molecule has 0 aliphatic carbocycles. The fourth-order valence-corrected chi connectivity index (χ4v) is 15.0. The lowest BCUT2D eigenvalue weighted by atomic mass is 9.89. The molecule has 792 valence electrons. The highest BCUT2D eigenvalue weighted by atomic mass is 16.7. The number of carbonyl (C=O) groups is 10. The average molecular weight is 1960 g/mol. The van der Waals surface area contributed by atoms with Crippen molar-refractivity contribution in [2.75, 3.05) is 185 Å². The fourth-order valence-electron chi connectivity index (χ4n) is 15.0. The first-order valence-electron chi connectivity index (χ1n) is 49.2. The monoisotopic (exact) mass is 1960 g/mol. The Morgan fingerprint density at radius 3 is 0.904 bits per heavy atom. The van der Waals surface area contributed by atoms with Crippen LogP contribution in [0.5, 0.6) is 0 Å². The second-order valence-corrected chi connectivity index (χ2v) is 35.5. The number of amides is 10. The number of hydrogen-bond acceptors (Lipinski definition) is 34. The van der Waals surface area contributed by atoms with Crippen molar-refractivity contribution in [2.45, 2.75) is 338 Å². The summed E-state index contributed by atoms with van der Waals surface area (Å²) in [4.78, 5) is 132. The van der Waals surface area contributed by atoms with Crippen molar-refractivity contribution < 1.29 is 165 Å². The van der Waals surface area contributed by atoms with E-state index in [1.807, 2.05) is 0 Å². The number of ether oxygens (including phenoxy) is 15. The van der Waals surface area contributed by atoms with Gasteiger partial charge in [-0.2, -0.15) is 0 Å². The minimum absolute atomic E-state index is 0.00241. The van der Waals surface area contributed by atoms with E-state index < -0.39 is 190 Å². The standard InChI is InChI=1S/C92H170N10O34/c1-8-9-10-11-12-13-14-15-16-17-18-19-22-34-73(109)93-36-28-23-31-67(86(119)96-39-27-21-20-26-35-92(5,6)7)101-88(121)69(33-25-30-38-95-75(111)62-129-50-47-123-41-44-126-53-56-132-90-78(98-65(3)107)84(117)81(114)71(59-104)135-90)102-87(120)68(100-76(112)63-130-51-48-124-42-45-127-54-57-133-91-79(99-66(4)108)85(118)82(115)72(60-105)136-91)32-24-29-37-94-74(110)61-128-49-46-122-40-43-125-52-55-131-89-77(97-64(2)106)83(116)80(113)70(58-103)134-89/h67-72,77-85,89-91,103-105,113-118H,8-63H2,1-7H3,(H,93,109)(H,94,110)(H,95,111)(H,96,119)(H,97,106)(H,98,107)(H,99,108)(H,100,112)(H,101,121)(H,102,120)/t67-,68-,69-,70+,71+,72+,77+,78+,79+,80-,81-,82-,83+,84+,85+,89+,90+,91+/m0/s1. The van der Waals surface area contributed by atoms with Crippen LogP contribution in [0.25, 0.3) is 0 Å². The van der Waals surface area contributed by atoms with Gasteiger partial charge in [-0.1, -0.05) is 124 Å². The van der Waals surface area contributed by atoms with Crippen LogP contribution in [0.2, 0.25) is 0 Å². The second kappa shape index (κ2) is 77.4. The van der Waals surface area contributed by atoms with Gasteiger partial charge in [-0.25, -0.2) is 0 Å². The molecule has 0 aromatic carbocycles.